The Kier molecular flexibility index (Phi) is 3.96. The Bertz CT molecular complexity index is 742. The highest BCUT2D eigenvalue weighted by Crippen LogP contribution is 2.30. The number of piperidine rings is 1. The monoisotopic (exact) mass is 326 g/mol. The van der Waals surface area contributed by atoms with Crippen LogP contribution in [0.4, 0.5) is 5.82 Å². The maximum Gasteiger partial charge on any atom is 0.339 e. The molecule has 2 aromatic heterocycles. The lowest BCUT2D eigenvalue weighted by molar-refractivity contribution is 0.0697. The van der Waals surface area contributed by atoms with Crippen LogP contribution in [0.25, 0.3) is 0 Å². The zero-order valence-electron chi connectivity index (χ0n) is 13.7. The molecule has 3 heterocycles. The number of carboxylic acids is 1. The third-order valence-electron chi connectivity index (χ3n) is 5.11. The fraction of sp³-hybridized carbons (Fsp3) is 0.500. The van der Waals surface area contributed by atoms with Crippen LogP contribution in [0.15, 0.2) is 24.8 Å². The van der Waals surface area contributed by atoms with Gasteiger partial charge in [-0.25, -0.2) is 14.8 Å². The molecular formula is C18H22N4O2. The van der Waals surface area contributed by atoms with E-state index in [2.05, 4.69) is 14.5 Å². The number of aromatic carboxylic acids is 1. The van der Waals surface area contributed by atoms with E-state index < -0.39 is 5.97 Å². The predicted octanol–water partition coefficient (Wildman–Crippen LogP) is 2.38. The number of pyridine rings is 1. The van der Waals surface area contributed by atoms with E-state index >= 15 is 0 Å². The highest BCUT2D eigenvalue weighted by molar-refractivity contribution is 5.93. The zero-order valence-corrected chi connectivity index (χ0v) is 13.7. The fourth-order valence-electron chi connectivity index (χ4n) is 3.96. The van der Waals surface area contributed by atoms with Crippen LogP contribution in [-0.2, 0) is 19.4 Å². The van der Waals surface area contributed by atoms with Crippen LogP contribution >= 0.6 is 0 Å². The van der Waals surface area contributed by atoms with Crippen molar-refractivity contribution in [3.05, 3.63) is 41.6 Å². The van der Waals surface area contributed by atoms with Gasteiger partial charge in [0.15, 0.2) is 0 Å². The van der Waals surface area contributed by atoms with Crippen molar-refractivity contribution in [2.75, 3.05) is 18.0 Å². The first-order valence-electron chi connectivity index (χ1n) is 8.67. The van der Waals surface area contributed by atoms with Gasteiger partial charge in [-0.2, -0.15) is 0 Å². The van der Waals surface area contributed by atoms with E-state index in [1.165, 1.54) is 0 Å². The van der Waals surface area contributed by atoms with Crippen molar-refractivity contribution in [2.45, 2.75) is 38.6 Å². The molecule has 0 aromatic carbocycles. The Hall–Kier alpha value is -2.37. The lowest BCUT2D eigenvalue weighted by Gasteiger charge is -2.34. The van der Waals surface area contributed by atoms with Crippen LogP contribution in [0.3, 0.4) is 0 Å². The Morgan fingerprint density at radius 2 is 2.25 bits per heavy atom. The molecule has 1 fully saturated rings. The predicted molar refractivity (Wildman–Crippen MR) is 90.4 cm³/mol. The molecule has 1 atom stereocenters. The van der Waals surface area contributed by atoms with Gasteiger partial charge in [-0.3, -0.25) is 0 Å². The Labute approximate surface area is 141 Å². The van der Waals surface area contributed by atoms with E-state index in [1.54, 1.807) is 6.20 Å². The van der Waals surface area contributed by atoms with Gasteiger partial charge < -0.3 is 14.6 Å². The highest BCUT2D eigenvalue weighted by Gasteiger charge is 2.27. The maximum absolute atomic E-state index is 11.7. The van der Waals surface area contributed by atoms with E-state index in [1.807, 2.05) is 18.6 Å². The summed E-state index contributed by atoms with van der Waals surface area (Å²) in [4.78, 5) is 22.8. The summed E-state index contributed by atoms with van der Waals surface area (Å²) < 4.78 is 2.10. The average molecular weight is 326 g/mol. The summed E-state index contributed by atoms with van der Waals surface area (Å²) in [5, 5.41) is 9.62. The second-order valence-corrected chi connectivity index (χ2v) is 6.84. The summed E-state index contributed by atoms with van der Waals surface area (Å²) in [7, 11) is 0. The minimum absolute atomic E-state index is 0.360. The SMILES string of the molecule is O=C(O)c1cc2c(nc1N1CCC[C@@H](Cn3ccnc3)C1)CCC2. The summed E-state index contributed by atoms with van der Waals surface area (Å²) in [5.41, 5.74) is 2.56. The molecule has 0 amide bonds. The van der Waals surface area contributed by atoms with E-state index in [0.717, 1.165) is 63.0 Å². The van der Waals surface area contributed by atoms with Crippen LogP contribution in [-0.4, -0.2) is 38.7 Å². The third kappa shape index (κ3) is 2.88. The molecule has 1 aliphatic carbocycles. The van der Waals surface area contributed by atoms with Crippen molar-refractivity contribution in [3.8, 4) is 0 Å². The molecule has 0 unspecified atom stereocenters. The van der Waals surface area contributed by atoms with Crippen LogP contribution in [0.5, 0.6) is 0 Å². The fourth-order valence-corrected chi connectivity index (χ4v) is 3.96. The number of carbonyl (C=O) groups is 1. The number of aryl methyl sites for hydroxylation is 2. The van der Waals surface area contributed by atoms with Crippen molar-refractivity contribution in [1.29, 1.82) is 0 Å². The average Bonchev–Trinajstić information content (AvgIpc) is 3.24. The topological polar surface area (TPSA) is 71.2 Å². The first-order valence-corrected chi connectivity index (χ1v) is 8.67. The van der Waals surface area contributed by atoms with Gasteiger partial charge >= 0.3 is 5.97 Å². The quantitative estimate of drug-likeness (QED) is 0.934. The van der Waals surface area contributed by atoms with Crippen molar-refractivity contribution in [3.63, 3.8) is 0 Å². The van der Waals surface area contributed by atoms with Gasteiger partial charge in [-0.05, 0) is 49.7 Å². The summed E-state index contributed by atoms with van der Waals surface area (Å²) in [6.45, 7) is 2.65. The van der Waals surface area contributed by atoms with E-state index in [9.17, 15) is 9.90 Å². The molecule has 4 rings (SSSR count). The van der Waals surface area contributed by atoms with Gasteiger partial charge in [-0.15, -0.1) is 0 Å². The molecule has 0 spiro atoms. The highest BCUT2D eigenvalue weighted by atomic mass is 16.4. The lowest BCUT2D eigenvalue weighted by Crippen LogP contribution is -2.38. The molecule has 1 aliphatic heterocycles. The largest absolute Gasteiger partial charge is 0.478 e. The van der Waals surface area contributed by atoms with E-state index in [4.69, 9.17) is 4.98 Å². The third-order valence-corrected chi connectivity index (χ3v) is 5.11. The Morgan fingerprint density at radius 1 is 1.33 bits per heavy atom. The van der Waals surface area contributed by atoms with E-state index in [-0.39, 0.29) is 0 Å². The second-order valence-electron chi connectivity index (χ2n) is 6.84. The smallest absolute Gasteiger partial charge is 0.339 e. The van der Waals surface area contributed by atoms with Crippen LogP contribution in [0.1, 0.15) is 40.9 Å². The number of carboxylic acid groups (broad SMARTS) is 1. The number of nitrogens with zero attached hydrogens (tertiary/aromatic N) is 4. The van der Waals surface area contributed by atoms with Crippen LogP contribution in [0, 0.1) is 5.92 Å². The molecule has 0 radical (unpaired) electrons. The number of anilines is 1. The standard InChI is InChI=1S/C18H22N4O2/c23-18(24)15-9-14-4-1-5-16(14)20-17(15)22-7-2-3-13(11-22)10-21-8-6-19-12-21/h6,8-9,12-13H,1-5,7,10-11H2,(H,23,24)/t13-/m0/s1. The van der Waals surface area contributed by atoms with Gasteiger partial charge in [0.2, 0.25) is 0 Å². The number of hydrogen-bond acceptors (Lipinski definition) is 4. The molecule has 2 aromatic rings. The normalized spacial score (nSPS) is 20.2. The number of hydrogen-bond donors (Lipinski definition) is 1. The van der Waals surface area contributed by atoms with Gasteiger partial charge in [0.25, 0.3) is 0 Å². The molecule has 6 heteroatoms. The van der Waals surface area contributed by atoms with E-state index in [0.29, 0.717) is 17.3 Å². The van der Waals surface area contributed by atoms with Crippen molar-refractivity contribution in [2.24, 2.45) is 5.92 Å². The number of aromatic nitrogens is 3. The maximum atomic E-state index is 11.7. The number of imidazole rings is 1. The molecule has 0 bridgehead atoms. The molecule has 1 saturated heterocycles. The molecule has 1 N–H and O–H groups in total. The lowest BCUT2D eigenvalue weighted by atomic mass is 9.97. The minimum Gasteiger partial charge on any atom is -0.478 e. The summed E-state index contributed by atoms with van der Waals surface area (Å²) >= 11 is 0. The Balaban J connectivity index is 1.59. The first-order chi connectivity index (χ1) is 11.7. The van der Waals surface area contributed by atoms with Crippen LogP contribution < -0.4 is 4.90 Å². The molecule has 6 nitrogen and oxygen atoms in total. The van der Waals surface area contributed by atoms with Crippen molar-refractivity contribution >= 4 is 11.8 Å². The zero-order chi connectivity index (χ0) is 16.5. The van der Waals surface area contributed by atoms with Crippen LogP contribution in [0.2, 0.25) is 0 Å². The van der Waals surface area contributed by atoms with Gasteiger partial charge in [-0.1, -0.05) is 0 Å². The molecule has 0 saturated carbocycles. The molecule has 126 valence electrons. The number of rotatable bonds is 4. The van der Waals surface area contributed by atoms with Crippen molar-refractivity contribution in [1.82, 2.24) is 14.5 Å². The van der Waals surface area contributed by atoms with Crippen molar-refractivity contribution < 1.29 is 9.90 Å². The second kappa shape index (κ2) is 6.26. The summed E-state index contributed by atoms with van der Waals surface area (Å²) in [6.07, 6.45) is 10.8. The van der Waals surface area contributed by atoms with Gasteiger partial charge in [0.05, 0.1) is 6.33 Å². The number of fused-ring (bicyclic) bond motifs is 1. The molecule has 24 heavy (non-hydrogen) atoms. The minimum atomic E-state index is -0.871. The van der Waals surface area contributed by atoms with Gasteiger partial charge in [0.1, 0.15) is 11.4 Å². The Morgan fingerprint density at radius 3 is 3.04 bits per heavy atom. The molecular weight excluding hydrogens is 304 g/mol. The first kappa shape index (κ1) is 15.2. The summed E-state index contributed by atoms with van der Waals surface area (Å²) in [6, 6.07) is 1.85. The molecule has 2 aliphatic rings. The summed E-state index contributed by atoms with van der Waals surface area (Å²) in [5.74, 6) is 0.284. The van der Waals surface area contributed by atoms with Gasteiger partial charge in [0, 0.05) is 37.7 Å².